The summed E-state index contributed by atoms with van der Waals surface area (Å²) in [6.45, 7) is 2.01. The Morgan fingerprint density at radius 3 is 2.52 bits per heavy atom. The van der Waals surface area contributed by atoms with E-state index in [1.165, 1.54) is 0 Å². The van der Waals surface area contributed by atoms with Crippen molar-refractivity contribution >= 4 is 16.7 Å². The van der Waals surface area contributed by atoms with Crippen LogP contribution in [0.1, 0.15) is 22.6 Å². The lowest BCUT2D eigenvalue weighted by atomic mass is 9.77. The number of hydrogen-bond donors (Lipinski definition) is 2. The monoisotopic (exact) mass is 328 g/mol. The van der Waals surface area contributed by atoms with E-state index in [1.54, 1.807) is 12.1 Å². The molecule has 0 spiro atoms. The van der Waals surface area contributed by atoms with Gasteiger partial charge in [-0.25, -0.2) is 0 Å². The Labute approximate surface area is 145 Å². The fraction of sp³-hybridized carbons (Fsp3) is 0.143. The zero-order valence-electron chi connectivity index (χ0n) is 13.7. The molecule has 0 aromatic heterocycles. The van der Waals surface area contributed by atoms with Crippen molar-refractivity contribution in [3.63, 3.8) is 0 Å². The molecule has 0 bridgehead atoms. The predicted molar refractivity (Wildman–Crippen MR) is 96.1 cm³/mol. The minimum atomic E-state index is -0.705. The number of fused-ring (bicyclic) bond motifs is 3. The van der Waals surface area contributed by atoms with Crippen LogP contribution in [0.2, 0.25) is 0 Å². The van der Waals surface area contributed by atoms with E-state index in [1.807, 2.05) is 49.4 Å². The molecule has 0 aliphatic carbocycles. The van der Waals surface area contributed by atoms with Crippen molar-refractivity contribution in [3.8, 4) is 17.6 Å². The quantitative estimate of drug-likeness (QED) is 0.690. The molecule has 0 saturated carbocycles. The topological polar surface area (TPSA) is 77.1 Å². The van der Waals surface area contributed by atoms with Crippen molar-refractivity contribution in [1.82, 2.24) is 0 Å². The van der Waals surface area contributed by atoms with E-state index in [2.05, 4.69) is 6.07 Å². The van der Waals surface area contributed by atoms with E-state index in [9.17, 15) is 10.4 Å². The molecule has 122 valence electrons. The van der Waals surface area contributed by atoms with Gasteiger partial charge in [0, 0.05) is 11.5 Å². The SMILES string of the molecule is Cc1ccc(C2c3c(ccc4ccc(O)cc34)OC(=N)C2C#N)cc1. The molecule has 1 aliphatic heterocycles. The van der Waals surface area contributed by atoms with E-state index in [4.69, 9.17) is 10.1 Å². The molecule has 2 unspecified atom stereocenters. The van der Waals surface area contributed by atoms with Crippen LogP contribution >= 0.6 is 0 Å². The minimum Gasteiger partial charge on any atom is -0.508 e. The van der Waals surface area contributed by atoms with Gasteiger partial charge in [-0.15, -0.1) is 0 Å². The molecule has 2 N–H and O–H groups in total. The largest absolute Gasteiger partial charge is 0.508 e. The normalized spacial score (nSPS) is 19.1. The first-order valence-corrected chi connectivity index (χ1v) is 8.06. The third-order valence-electron chi connectivity index (χ3n) is 4.73. The number of aryl methyl sites for hydroxylation is 1. The van der Waals surface area contributed by atoms with E-state index >= 15 is 0 Å². The van der Waals surface area contributed by atoms with Crippen LogP contribution in [-0.4, -0.2) is 11.0 Å². The Morgan fingerprint density at radius 1 is 1.08 bits per heavy atom. The molecule has 25 heavy (non-hydrogen) atoms. The highest BCUT2D eigenvalue weighted by molar-refractivity contribution is 5.94. The average Bonchev–Trinajstić information content (AvgIpc) is 2.61. The fourth-order valence-corrected chi connectivity index (χ4v) is 3.49. The number of nitriles is 1. The van der Waals surface area contributed by atoms with Crippen LogP contribution in [0.4, 0.5) is 0 Å². The molecule has 0 saturated heterocycles. The maximum Gasteiger partial charge on any atom is 0.205 e. The lowest BCUT2D eigenvalue weighted by Crippen LogP contribution is -2.31. The van der Waals surface area contributed by atoms with E-state index in [0.717, 1.165) is 27.5 Å². The second kappa shape index (κ2) is 5.64. The Morgan fingerprint density at radius 2 is 1.80 bits per heavy atom. The highest BCUT2D eigenvalue weighted by Crippen LogP contribution is 2.46. The second-order valence-corrected chi connectivity index (χ2v) is 6.34. The van der Waals surface area contributed by atoms with Crippen molar-refractivity contribution in [1.29, 1.82) is 10.7 Å². The van der Waals surface area contributed by atoms with Gasteiger partial charge in [0.15, 0.2) is 0 Å². The van der Waals surface area contributed by atoms with Crippen LogP contribution in [0.15, 0.2) is 54.6 Å². The van der Waals surface area contributed by atoms with Crippen molar-refractivity contribution in [3.05, 3.63) is 71.3 Å². The van der Waals surface area contributed by atoms with Crippen molar-refractivity contribution in [2.75, 3.05) is 0 Å². The lowest BCUT2D eigenvalue weighted by molar-refractivity contribution is 0.452. The standard InChI is InChI=1S/C21H16N2O2/c1-12-2-4-14(5-3-12)19-17(11-22)21(23)25-18-9-7-13-6-8-15(24)10-16(13)20(18)19/h2-10,17,19,23-24H,1H3. The molecule has 4 heteroatoms. The molecule has 0 radical (unpaired) electrons. The summed E-state index contributed by atoms with van der Waals surface area (Å²) in [5.74, 6) is -0.325. The summed E-state index contributed by atoms with van der Waals surface area (Å²) in [5, 5.41) is 29.6. The van der Waals surface area contributed by atoms with Gasteiger partial charge in [-0.2, -0.15) is 5.26 Å². The molecule has 4 rings (SSSR count). The molecule has 3 aromatic rings. The van der Waals surface area contributed by atoms with Crippen LogP contribution in [-0.2, 0) is 0 Å². The third-order valence-corrected chi connectivity index (χ3v) is 4.73. The van der Waals surface area contributed by atoms with Crippen LogP contribution in [0.25, 0.3) is 10.8 Å². The smallest absolute Gasteiger partial charge is 0.205 e. The molecule has 4 nitrogen and oxygen atoms in total. The first-order chi connectivity index (χ1) is 12.1. The molecule has 3 aromatic carbocycles. The van der Waals surface area contributed by atoms with Crippen molar-refractivity contribution < 1.29 is 9.84 Å². The number of phenolic OH excluding ortho intramolecular Hbond substituents is 1. The molecule has 0 amide bonds. The van der Waals surface area contributed by atoms with Crippen LogP contribution in [0.3, 0.4) is 0 Å². The van der Waals surface area contributed by atoms with Gasteiger partial charge in [0.1, 0.15) is 17.4 Å². The van der Waals surface area contributed by atoms with Crippen LogP contribution in [0, 0.1) is 29.6 Å². The maximum absolute atomic E-state index is 9.95. The highest BCUT2D eigenvalue weighted by atomic mass is 16.5. The summed E-state index contributed by atoms with van der Waals surface area (Å²) in [6.07, 6.45) is 0. The average molecular weight is 328 g/mol. The Balaban J connectivity index is 2.05. The number of hydrogen-bond acceptors (Lipinski definition) is 4. The number of nitrogens with one attached hydrogen (secondary N) is 1. The zero-order chi connectivity index (χ0) is 17.6. The Kier molecular flexibility index (Phi) is 3.43. The third kappa shape index (κ3) is 2.41. The van der Waals surface area contributed by atoms with E-state index < -0.39 is 5.92 Å². The van der Waals surface area contributed by atoms with E-state index in [-0.39, 0.29) is 17.6 Å². The zero-order valence-corrected chi connectivity index (χ0v) is 13.7. The highest BCUT2D eigenvalue weighted by Gasteiger charge is 2.38. The lowest BCUT2D eigenvalue weighted by Gasteiger charge is -2.31. The molecule has 1 heterocycles. The van der Waals surface area contributed by atoms with Gasteiger partial charge >= 0.3 is 0 Å². The number of aromatic hydroxyl groups is 1. The van der Waals surface area contributed by atoms with Gasteiger partial charge in [0.05, 0.1) is 6.07 Å². The number of phenols is 1. The van der Waals surface area contributed by atoms with Gasteiger partial charge in [0.25, 0.3) is 0 Å². The van der Waals surface area contributed by atoms with Crippen LogP contribution in [0.5, 0.6) is 11.5 Å². The molecule has 1 aliphatic rings. The number of ether oxygens (including phenoxy) is 1. The summed E-state index contributed by atoms with van der Waals surface area (Å²) >= 11 is 0. The summed E-state index contributed by atoms with van der Waals surface area (Å²) in [5.41, 5.74) is 2.94. The van der Waals surface area contributed by atoms with E-state index in [0.29, 0.717) is 5.75 Å². The minimum absolute atomic E-state index is 0.0416. The fourth-order valence-electron chi connectivity index (χ4n) is 3.49. The molecule has 0 fully saturated rings. The number of benzene rings is 3. The maximum atomic E-state index is 9.95. The summed E-state index contributed by atoms with van der Waals surface area (Å²) < 4.78 is 5.64. The van der Waals surface area contributed by atoms with Crippen molar-refractivity contribution in [2.45, 2.75) is 12.8 Å². The Hall–Kier alpha value is -3.32. The second-order valence-electron chi connectivity index (χ2n) is 6.34. The first kappa shape index (κ1) is 15.2. The summed E-state index contributed by atoms with van der Waals surface area (Å²) in [6, 6.07) is 19.1. The van der Waals surface area contributed by atoms with Gasteiger partial charge < -0.3 is 9.84 Å². The van der Waals surface area contributed by atoms with Gasteiger partial charge in [-0.05, 0) is 41.5 Å². The molecule has 2 atom stereocenters. The van der Waals surface area contributed by atoms with Crippen LogP contribution < -0.4 is 4.74 Å². The number of rotatable bonds is 1. The van der Waals surface area contributed by atoms with Gasteiger partial charge in [0.2, 0.25) is 5.90 Å². The molecular formula is C21H16N2O2. The summed E-state index contributed by atoms with van der Waals surface area (Å²) in [7, 11) is 0. The van der Waals surface area contributed by atoms with Gasteiger partial charge in [-0.1, -0.05) is 42.0 Å². The predicted octanol–water partition coefficient (Wildman–Crippen LogP) is 4.50. The summed E-state index contributed by atoms with van der Waals surface area (Å²) in [4.78, 5) is 0. The first-order valence-electron chi connectivity index (χ1n) is 8.06. The molecular weight excluding hydrogens is 312 g/mol. The van der Waals surface area contributed by atoms with Crippen molar-refractivity contribution in [2.24, 2.45) is 5.92 Å². The number of nitrogens with zero attached hydrogens (tertiary/aromatic N) is 1. The Bertz CT molecular complexity index is 1030. The van der Waals surface area contributed by atoms with Gasteiger partial charge in [-0.3, -0.25) is 5.41 Å².